The summed E-state index contributed by atoms with van der Waals surface area (Å²) in [5.74, 6) is 0. The Balaban J connectivity index is 2.63. The molecule has 0 bridgehead atoms. The highest BCUT2D eigenvalue weighted by molar-refractivity contribution is 5.72. The van der Waals surface area contributed by atoms with Crippen LogP contribution in [0.1, 0.15) is 20.8 Å². The van der Waals surface area contributed by atoms with Crippen molar-refractivity contribution in [1.82, 2.24) is 14.8 Å². The van der Waals surface area contributed by atoms with E-state index in [1.165, 1.54) is 0 Å². The highest BCUT2D eigenvalue weighted by atomic mass is 15.3. The van der Waals surface area contributed by atoms with Gasteiger partial charge >= 0.3 is 0 Å². The second kappa shape index (κ2) is 2.55. The number of hydrogen-bond donors (Lipinski definition) is 0. The Morgan fingerprint density at radius 3 is 2.62 bits per heavy atom. The fourth-order valence-corrected chi connectivity index (χ4v) is 1.20. The molecular weight excluding hydrogens is 162 g/mol. The van der Waals surface area contributed by atoms with Gasteiger partial charge in [-0.1, -0.05) is 0 Å². The maximum absolute atomic E-state index is 4.44. The SMILES string of the molecule is CC(C)(C)n1cc2ncccc2n1. The van der Waals surface area contributed by atoms with E-state index in [1.807, 2.05) is 23.0 Å². The predicted molar refractivity (Wildman–Crippen MR) is 52.5 cm³/mol. The molecule has 3 nitrogen and oxygen atoms in total. The van der Waals surface area contributed by atoms with E-state index in [0.29, 0.717) is 0 Å². The average Bonchev–Trinajstić information content (AvgIpc) is 2.45. The van der Waals surface area contributed by atoms with Crippen molar-refractivity contribution in [3.63, 3.8) is 0 Å². The van der Waals surface area contributed by atoms with E-state index in [1.54, 1.807) is 6.20 Å². The topological polar surface area (TPSA) is 30.7 Å². The minimum atomic E-state index is 0.0285. The van der Waals surface area contributed by atoms with Crippen LogP contribution in [0.4, 0.5) is 0 Å². The van der Waals surface area contributed by atoms with Crippen LogP contribution in [0.5, 0.6) is 0 Å². The van der Waals surface area contributed by atoms with Crippen molar-refractivity contribution in [3.8, 4) is 0 Å². The first-order valence-electron chi connectivity index (χ1n) is 4.38. The van der Waals surface area contributed by atoms with Gasteiger partial charge in [0.15, 0.2) is 0 Å². The molecule has 0 fully saturated rings. The maximum Gasteiger partial charge on any atom is 0.111 e. The van der Waals surface area contributed by atoms with Crippen molar-refractivity contribution >= 4 is 11.0 Å². The van der Waals surface area contributed by atoms with Gasteiger partial charge in [0, 0.05) is 6.20 Å². The minimum Gasteiger partial charge on any atom is -0.265 e. The summed E-state index contributed by atoms with van der Waals surface area (Å²) < 4.78 is 1.95. The third-order valence-electron chi connectivity index (χ3n) is 1.96. The van der Waals surface area contributed by atoms with Gasteiger partial charge in [-0.05, 0) is 32.9 Å². The molecule has 3 heteroatoms. The molecule has 2 aromatic rings. The monoisotopic (exact) mass is 175 g/mol. The average molecular weight is 175 g/mol. The first kappa shape index (κ1) is 8.23. The minimum absolute atomic E-state index is 0.0285. The molecule has 0 aliphatic heterocycles. The summed E-state index contributed by atoms with van der Waals surface area (Å²) in [5.41, 5.74) is 1.94. The van der Waals surface area contributed by atoms with Crippen molar-refractivity contribution in [2.24, 2.45) is 0 Å². The van der Waals surface area contributed by atoms with Crippen molar-refractivity contribution < 1.29 is 0 Å². The van der Waals surface area contributed by atoms with Gasteiger partial charge in [0.2, 0.25) is 0 Å². The molecule has 2 heterocycles. The van der Waals surface area contributed by atoms with Crippen LogP contribution in [0.3, 0.4) is 0 Å². The van der Waals surface area contributed by atoms with Crippen LogP contribution in [0, 0.1) is 0 Å². The van der Waals surface area contributed by atoms with Crippen LogP contribution in [0.2, 0.25) is 0 Å². The summed E-state index contributed by atoms with van der Waals surface area (Å²) in [7, 11) is 0. The fourth-order valence-electron chi connectivity index (χ4n) is 1.20. The first-order valence-corrected chi connectivity index (χ1v) is 4.38. The standard InChI is InChI=1S/C10H13N3/c1-10(2,3)13-7-9-8(12-13)5-4-6-11-9/h4-7H,1-3H3. The largest absolute Gasteiger partial charge is 0.265 e. The molecule has 0 aliphatic carbocycles. The van der Waals surface area contributed by atoms with E-state index in [4.69, 9.17) is 0 Å². The van der Waals surface area contributed by atoms with Gasteiger partial charge < -0.3 is 0 Å². The highest BCUT2D eigenvalue weighted by Gasteiger charge is 2.14. The van der Waals surface area contributed by atoms with Gasteiger partial charge in [0.05, 0.1) is 11.7 Å². The number of aromatic nitrogens is 3. The Morgan fingerprint density at radius 1 is 1.23 bits per heavy atom. The second-order valence-electron chi connectivity index (χ2n) is 4.15. The van der Waals surface area contributed by atoms with E-state index in [9.17, 15) is 0 Å². The molecule has 0 N–H and O–H groups in total. The fraction of sp³-hybridized carbons (Fsp3) is 0.400. The summed E-state index contributed by atoms with van der Waals surface area (Å²) in [6.45, 7) is 6.37. The summed E-state index contributed by atoms with van der Waals surface area (Å²) in [6.07, 6.45) is 3.77. The second-order valence-corrected chi connectivity index (χ2v) is 4.15. The van der Waals surface area contributed by atoms with Crippen LogP contribution in [0.25, 0.3) is 11.0 Å². The van der Waals surface area contributed by atoms with E-state index in [-0.39, 0.29) is 5.54 Å². The molecular formula is C10H13N3. The lowest BCUT2D eigenvalue weighted by Crippen LogP contribution is -2.21. The van der Waals surface area contributed by atoms with Gasteiger partial charge in [-0.3, -0.25) is 9.67 Å². The number of nitrogens with zero attached hydrogens (tertiary/aromatic N) is 3. The predicted octanol–water partition coefficient (Wildman–Crippen LogP) is 2.19. The van der Waals surface area contributed by atoms with E-state index in [2.05, 4.69) is 30.9 Å². The van der Waals surface area contributed by atoms with Crippen molar-refractivity contribution in [3.05, 3.63) is 24.5 Å². The van der Waals surface area contributed by atoms with Gasteiger partial charge in [-0.15, -0.1) is 0 Å². The van der Waals surface area contributed by atoms with Crippen molar-refractivity contribution in [2.45, 2.75) is 26.3 Å². The lowest BCUT2D eigenvalue weighted by atomic mass is 10.1. The molecule has 2 rings (SSSR count). The zero-order valence-corrected chi connectivity index (χ0v) is 8.15. The van der Waals surface area contributed by atoms with Crippen LogP contribution < -0.4 is 0 Å². The Labute approximate surface area is 77.4 Å². The number of fused-ring (bicyclic) bond motifs is 1. The number of rotatable bonds is 0. The molecule has 0 unspecified atom stereocenters. The number of pyridine rings is 1. The molecule has 13 heavy (non-hydrogen) atoms. The third kappa shape index (κ3) is 1.41. The van der Waals surface area contributed by atoms with Crippen molar-refractivity contribution in [1.29, 1.82) is 0 Å². The quantitative estimate of drug-likeness (QED) is 0.614. The van der Waals surface area contributed by atoms with E-state index >= 15 is 0 Å². The zero-order chi connectivity index (χ0) is 9.47. The van der Waals surface area contributed by atoms with E-state index in [0.717, 1.165) is 11.0 Å². The smallest absolute Gasteiger partial charge is 0.111 e. The molecule has 0 radical (unpaired) electrons. The van der Waals surface area contributed by atoms with Crippen LogP contribution in [-0.4, -0.2) is 14.8 Å². The molecule has 0 aliphatic rings. The summed E-state index contributed by atoms with van der Waals surface area (Å²) in [5, 5.41) is 4.44. The van der Waals surface area contributed by atoms with Crippen LogP contribution in [0.15, 0.2) is 24.5 Å². The summed E-state index contributed by atoms with van der Waals surface area (Å²) in [4.78, 5) is 4.23. The van der Waals surface area contributed by atoms with E-state index < -0.39 is 0 Å². The lowest BCUT2D eigenvalue weighted by Gasteiger charge is -2.18. The Bertz CT molecular complexity index is 390. The highest BCUT2D eigenvalue weighted by Crippen LogP contribution is 2.16. The Morgan fingerprint density at radius 2 is 2.00 bits per heavy atom. The molecule has 68 valence electrons. The maximum atomic E-state index is 4.44. The lowest BCUT2D eigenvalue weighted by molar-refractivity contribution is 0.358. The van der Waals surface area contributed by atoms with Gasteiger partial charge in [0.25, 0.3) is 0 Å². The summed E-state index contributed by atoms with van der Waals surface area (Å²) >= 11 is 0. The molecule has 0 aromatic carbocycles. The van der Waals surface area contributed by atoms with Crippen LogP contribution in [-0.2, 0) is 5.54 Å². The van der Waals surface area contributed by atoms with Gasteiger partial charge in [-0.2, -0.15) is 5.10 Å². The molecule has 0 atom stereocenters. The zero-order valence-electron chi connectivity index (χ0n) is 8.15. The number of hydrogen-bond acceptors (Lipinski definition) is 2. The van der Waals surface area contributed by atoms with Gasteiger partial charge in [-0.25, -0.2) is 0 Å². The Kier molecular flexibility index (Phi) is 1.62. The molecule has 2 aromatic heterocycles. The molecule has 0 spiro atoms. The third-order valence-corrected chi connectivity index (χ3v) is 1.96. The normalized spacial score (nSPS) is 12.2. The molecule has 0 amide bonds. The summed E-state index contributed by atoms with van der Waals surface area (Å²) in [6, 6.07) is 3.88. The molecule has 0 saturated heterocycles. The van der Waals surface area contributed by atoms with Crippen molar-refractivity contribution in [2.75, 3.05) is 0 Å². The first-order chi connectivity index (χ1) is 6.07. The van der Waals surface area contributed by atoms with Gasteiger partial charge in [0.1, 0.15) is 11.0 Å². The Hall–Kier alpha value is -1.38. The van der Waals surface area contributed by atoms with Crippen LogP contribution >= 0.6 is 0 Å². The molecule has 0 saturated carbocycles.